The maximum atomic E-state index is 13.3. The van der Waals surface area contributed by atoms with Crippen molar-refractivity contribution in [3.05, 3.63) is 106 Å². The van der Waals surface area contributed by atoms with Crippen molar-refractivity contribution in [2.75, 3.05) is 13.6 Å². The molecule has 0 saturated heterocycles. The van der Waals surface area contributed by atoms with Gasteiger partial charge in [-0.05, 0) is 68.0 Å². The van der Waals surface area contributed by atoms with Gasteiger partial charge in [-0.15, -0.1) is 0 Å². The van der Waals surface area contributed by atoms with Crippen molar-refractivity contribution in [2.45, 2.75) is 66.4 Å². The van der Waals surface area contributed by atoms with E-state index in [-0.39, 0.29) is 17.4 Å². The van der Waals surface area contributed by atoms with Gasteiger partial charge >= 0.3 is 0 Å². The van der Waals surface area contributed by atoms with Crippen LogP contribution in [-0.4, -0.2) is 45.5 Å². The number of amides is 1. The SMILES string of the molecule is Cc1cccc(C(=O)N(C)CC(Cc2ccc(C(C)(C)C)cn2)Oc2cc(-c3c(C)cccc3C)nc(C)n2)c1. The first-order valence-electron chi connectivity index (χ1n) is 13.8. The largest absolute Gasteiger partial charge is 0.472 e. The molecule has 208 valence electrons. The van der Waals surface area contributed by atoms with Crippen LogP contribution in [0, 0.1) is 27.7 Å². The molecule has 0 N–H and O–H groups in total. The average molecular weight is 537 g/mol. The van der Waals surface area contributed by atoms with Crippen LogP contribution in [0.15, 0.2) is 66.9 Å². The van der Waals surface area contributed by atoms with Gasteiger partial charge in [0.05, 0.1) is 12.2 Å². The minimum atomic E-state index is -0.369. The minimum Gasteiger partial charge on any atom is -0.472 e. The summed E-state index contributed by atoms with van der Waals surface area (Å²) in [6, 6.07) is 19.9. The van der Waals surface area contributed by atoms with E-state index in [1.54, 1.807) is 4.90 Å². The molecule has 0 aliphatic rings. The fourth-order valence-corrected chi connectivity index (χ4v) is 4.87. The number of likely N-dealkylation sites (N-methyl/N-ethyl adjacent to an activating group) is 1. The molecule has 1 unspecified atom stereocenters. The Balaban J connectivity index is 1.64. The number of pyridine rings is 1. The van der Waals surface area contributed by atoms with Gasteiger partial charge in [-0.2, -0.15) is 4.98 Å². The fraction of sp³-hybridized carbons (Fsp3) is 0.353. The van der Waals surface area contributed by atoms with Crippen LogP contribution in [-0.2, 0) is 11.8 Å². The zero-order chi connectivity index (χ0) is 29.0. The number of hydrogen-bond acceptors (Lipinski definition) is 5. The summed E-state index contributed by atoms with van der Waals surface area (Å²) >= 11 is 0. The summed E-state index contributed by atoms with van der Waals surface area (Å²) in [5.74, 6) is 1.06. The van der Waals surface area contributed by atoms with Crippen LogP contribution in [0.1, 0.15) is 64.9 Å². The maximum absolute atomic E-state index is 13.3. The molecule has 0 saturated carbocycles. The fourth-order valence-electron chi connectivity index (χ4n) is 4.87. The molecular formula is C34H40N4O2. The van der Waals surface area contributed by atoms with Gasteiger partial charge in [0.2, 0.25) is 5.88 Å². The van der Waals surface area contributed by atoms with Gasteiger partial charge in [0.25, 0.3) is 5.91 Å². The number of aromatic nitrogens is 3. The summed E-state index contributed by atoms with van der Waals surface area (Å²) < 4.78 is 6.53. The summed E-state index contributed by atoms with van der Waals surface area (Å²) in [6.07, 6.45) is 2.09. The second-order valence-corrected chi connectivity index (χ2v) is 11.7. The highest BCUT2D eigenvalue weighted by Gasteiger charge is 2.22. The predicted octanol–water partition coefficient (Wildman–Crippen LogP) is 6.83. The molecule has 4 aromatic rings. The summed E-state index contributed by atoms with van der Waals surface area (Å²) in [4.78, 5) is 29.1. The number of hydrogen-bond donors (Lipinski definition) is 0. The number of rotatable bonds is 8. The molecule has 0 bridgehead atoms. The Kier molecular flexibility index (Phi) is 8.67. The van der Waals surface area contributed by atoms with E-state index >= 15 is 0 Å². The van der Waals surface area contributed by atoms with E-state index in [0.29, 0.717) is 30.2 Å². The van der Waals surface area contributed by atoms with Crippen LogP contribution >= 0.6 is 0 Å². The lowest BCUT2D eigenvalue weighted by molar-refractivity contribution is 0.0705. The van der Waals surface area contributed by atoms with Gasteiger partial charge < -0.3 is 9.64 Å². The molecule has 2 aromatic heterocycles. The molecule has 1 amide bonds. The summed E-state index contributed by atoms with van der Waals surface area (Å²) in [5.41, 5.74) is 7.99. The zero-order valence-electron chi connectivity index (χ0n) is 24.9. The van der Waals surface area contributed by atoms with E-state index in [9.17, 15) is 4.79 Å². The van der Waals surface area contributed by atoms with E-state index in [1.807, 2.05) is 63.5 Å². The third kappa shape index (κ3) is 7.12. The molecule has 6 heteroatoms. The van der Waals surface area contributed by atoms with Crippen molar-refractivity contribution in [3.8, 4) is 17.1 Å². The van der Waals surface area contributed by atoms with E-state index < -0.39 is 0 Å². The van der Waals surface area contributed by atoms with Gasteiger partial charge in [0.1, 0.15) is 11.9 Å². The Morgan fingerprint density at radius 2 is 1.62 bits per heavy atom. The molecule has 2 heterocycles. The summed E-state index contributed by atoms with van der Waals surface area (Å²) in [5, 5.41) is 0. The van der Waals surface area contributed by atoms with E-state index in [2.05, 4.69) is 63.9 Å². The van der Waals surface area contributed by atoms with Gasteiger partial charge in [0, 0.05) is 42.6 Å². The van der Waals surface area contributed by atoms with Gasteiger partial charge in [0.15, 0.2) is 0 Å². The van der Waals surface area contributed by atoms with Crippen LogP contribution < -0.4 is 4.74 Å². The van der Waals surface area contributed by atoms with Crippen LogP contribution in [0.4, 0.5) is 0 Å². The first-order valence-corrected chi connectivity index (χ1v) is 13.8. The lowest BCUT2D eigenvalue weighted by Crippen LogP contribution is -2.38. The van der Waals surface area contributed by atoms with Crippen molar-refractivity contribution >= 4 is 5.91 Å². The van der Waals surface area contributed by atoms with Crippen LogP contribution in [0.25, 0.3) is 11.3 Å². The Bertz CT molecular complexity index is 1470. The van der Waals surface area contributed by atoms with Crippen molar-refractivity contribution in [1.82, 2.24) is 19.9 Å². The van der Waals surface area contributed by atoms with E-state index in [1.165, 1.54) is 5.56 Å². The molecule has 2 aromatic carbocycles. The highest BCUT2D eigenvalue weighted by Crippen LogP contribution is 2.28. The minimum absolute atomic E-state index is 0.0183. The number of nitrogens with zero attached hydrogens (tertiary/aromatic N) is 4. The number of carbonyl (C=O) groups is 1. The van der Waals surface area contributed by atoms with E-state index in [4.69, 9.17) is 14.7 Å². The average Bonchev–Trinajstić information content (AvgIpc) is 2.87. The number of benzene rings is 2. The lowest BCUT2D eigenvalue weighted by atomic mass is 9.88. The molecule has 1 atom stereocenters. The van der Waals surface area contributed by atoms with Crippen molar-refractivity contribution in [2.24, 2.45) is 0 Å². The lowest BCUT2D eigenvalue weighted by Gasteiger charge is -2.25. The Morgan fingerprint density at radius 3 is 2.25 bits per heavy atom. The summed E-state index contributed by atoms with van der Waals surface area (Å²) in [6.45, 7) is 14.9. The molecule has 6 nitrogen and oxygen atoms in total. The standard InChI is InChI=1S/C34H40N4O2/c1-22-11-9-14-26(17-22)33(39)38(8)21-29(18-28-16-15-27(20-35-28)34(5,6)7)40-31-19-30(36-25(4)37-31)32-23(2)12-10-13-24(32)3/h9-17,19-20,29H,18,21H2,1-8H3. The molecule has 0 aliphatic carbocycles. The molecule has 0 aliphatic heterocycles. The molecular weight excluding hydrogens is 496 g/mol. The van der Waals surface area contributed by atoms with Crippen molar-refractivity contribution in [1.29, 1.82) is 0 Å². The second-order valence-electron chi connectivity index (χ2n) is 11.7. The van der Waals surface area contributed by atoms with E-state index in [0.717, 1.165) is 33.6 Å². The smallest absolute Gasteiger partial charge is 0.253 e. The third-order valence-electron chi connectivity index (χ3n) is 7.06. The number of ether oxygens (including phenoxy) is 1. The zero-order valence-corrected chi connectivity index (χ0v) is 24.9. The monoisotopic (exact) mass is 536 g/mol. The molecule has 0 fully saturated rings. The van der Waals surface area contributed by atoms with Gasteiger partial charge in [-0.25, -0.2) is 4.98 Å². The normalized spacial score (nSPS) is 12.2. The molecule has 40 heavy (non-hydrogen) atoms. The Hall–Kier alpha value is -4.06. The van der Waals surface area contributed by atoms with Crippen LogP contribution in [0.2, 0.25) is 0 Å². The van der Waals surface area contributed by atoms with Crippen molar-refractivity contribution < 1.29 is 9.53 Å². The highest BCUT2D eigenvalue weighted by molar-refractivity contribution is 5.94. The third-order valence-corrected chi connectivity index (χ3v) is 7.06. The topological polar surface area (TPSA) is 68.2 Å². The summed E-state index contributed by atoms with van der Waals surface area (Å²) in [7, 11) is 1.81. The predicted molar refractivity (Wildman–Crippen MR) is 161 cm³/mol. The second kappa shape index (κ2) is 12.0. The highest BCUT2D eigenvalue weighted by atomic mass is 16.5. The molecule has 0 spiro atoms. The quantitative estimate of drug-likeness (QED) is 0.247. The van der Waals surface area contributed by atoms with Crippen LogP contribution in [0.3, 0.4) is 0 Å². The van der Waals surface area contributed by atoms with Gasteiger partial charge in [-0.1, -0.05) is 62.7 Å². The molecule has 4 rings (SSSR count). The number of aryl methyl sites for hydroxylation is 4. The maximum Gasteiger partial charge on any atom is 0.253 e. The first-order chi connectivity index (χ1) is 18.9. The van der Waals surface area contributed by atoms with Crippen molar-refractivity contribution in [3.63, 3.8) is 0 Å². The first kappa shape index (κ1) is 28.9. The Labute approximate surface area is 238 Å². The Morgan fingerprint density at radius 1 is 0.925 bits per heavy atom. The van der Waals surface area contributed by atoms with Gasteiger partial charge in [-0.3, -0.25) is 9.78 Å². The number of carbonyl (C=O) groups excluding carboxylic acids is 1. The van der Waals surface area contributed by atoms with Crippen LogP contribution in [0.5, 0.6) is 5.88 Å². The molecule has 0 radical (unpaired) electrons.